The van der Waals surface area contributed by atoms with E-state index in [4.69, 9.17) is 5.73 Å². The Bertz CT molecular complexity index is 1450. The molecule has 3 N–H and O–H groups in total. The van der Waals surface area contributed by atoms with E-state index in [2.05, 4.69) is 10.1 Å². The van der Waals surface area contributed by atoms with Gasteiger partial charge < -0.3 is 15.7 Å². The number of nitrogens with two attached hydrogens (primary N) is 1. The summed E-state index contributed by atoms with van der Waals surface area (Å²) in [4.78, 5) is 32.3. The van der Waals surface area contributed by atoms with Gasteiger partial charge in [-0.05, 0) is 30.9 Å². The number of anilines is 1. The summed E-state index contributed by atoms with van der Waals surface area (Å²) >= 11 is 0. The molecule has 0 radical (unpaired) electrons. The molecule has 5 rings (SSSR count). The molecule has 1 saturated heterocycles. The Morgan fingerprint density at radius 2 is 1.75 bits per heavy atom. The maximum atomic E-state index is 13.3. The molecule has 2 aromatic heterocycles. The first-order valence-corrected chi connectivity index (χ1v) is 12.2. The maximum Gasteiger partial charge on any atom is 0.281 e. The first-order valence-electron chi connectivity index (χ1n) is 12.2. The fourth-order valence-electron chi connectivity index (χ4n) is 4.92. The van der Waals surface area contributed by atoms with Gasteiger partial charge >= 0.3 is 0 Å². The van der Waals surface area contributed by atoms with Crippen LogP contribution in [0.5, 0.6) is 0 Å². The Kier molecular flexibility index (Phi) is 6.32. The molecule has 3 heterocycles. The highest BCUT2D eigenvalue weighted by Crippen LogP contribution is 2.30. The Hall–Kier alpha value is -3.98. The van der Waals surface area contributed by atoms with Gasteiger partial charge in [0.25, 0.3) is 5.56 Å². The largest absolute Gasteiger partial charge is 0.398 e. The fraction of sp³-hybridized carbons (Fsp3) is 0.333. The van der Waals surface area contributed by atoms with Gasteiger partial charge in [-0.1, -0.05) is 48.5 Å². The quantitative estimate of drug-likeness (QED) is 0.404. The molecule has 1 aliphatic heterocycles. The number of carbonyl (C=O) groups excluding carboxylic acids is 1. The average Bonchev–Trinajstić information content (AvgIpc) is 3.22. The molecule has 9 heteroatoms. The van der Waals surface area contributed by atoms with Crippen LogP contribution in [0, 0.1) is 0 Å². The molecule has 4 aromatic rings. The molecule has 0 atom stereocenters. The topological polar surface area (TPSA) is 119 Å². The number of aryl methyl sites for hydroxylation is 2. The van der Waals surface area contributed by atoms with Crippen molar-refractivity contribution >= 4 is 22.6 Å². The SMILES string of the molecule is Cn1nc2c(=O)n(CC3(O)CCN(C(=O)CCc4ccccc4)CC3)cnc2c1-c1ccccc1N. The van der Waals surface area contributed by atoms with Crippen LogP contribution in [-0.4, -0.2) is 53.9 Å². The zero-order valence-electron chi connectivity index (χ0n) is 20.3. The Morgan fingerprint density at radius 1 is 1.06 bits per heavy atom. The van der Waals surface area contributed by atoms with Gasteiger partial charge in [0, 0.05) is 37.8 Å². The number of carbonyl (C=O) groups is 1. The van der Waals surface area contributed by atoms with Gasteiger partial charge in [0.05, 0.1) is 24.2 Å². The van der Waals surface area contributed by atoms with Crippen molar-refractivity contribution in [2.24, 2.45) is 7.05 Å². The van der Waals surface area contributed by atoms with Crippen molar-refractivity contribution in [3.05, 3.63) is 76.8 Å². The van der Waals surface area contributed by atoms with Crippen molar-refractivity contribution in [2.75, 3.05) is 18.8 Å². The fourth-order valence-corrected chi connectivity index (χ4v) is 4.92. The summed E-state index contributed by atoms with van der Waals surface area (Å²) in [6.45, 7) is 1.01. The minimum absolute atomic E-state index is 0.0855. The standard InChI is InChI=1S/C27H30N6O3/c1-31-25(20-9-5-6-10-21(20)28)23-24(30-31)26(35)33(18-29-23)17-27(36)13-15-32(16-14-27)22(34)12-11-19-7-3-2-4-8-19/h2-10,18,36H,11-17,28H2,1H3. The van der Waals surface area contributed by atoms with E-state index in [0.29, 0.717) is 55.7 Å². The first kappa shape index (κ1) is 23.7. The summed E-state index contributed by atoms with van der Waals surface area (Å²) in [5, 5.41) is 15.7. The van der Waals surface area contributed by atoms with Crippen LogP contribution in [0.15, 0.2) is 65.7 Å². The number of aliphatic hydroxyl groups is 1. The lowest BCUT2D eigenvalue weighted by Crippen LogP contribution is -2.49. The second-order valence-electron chi connectivity index (χ2n) is 9.53. The predicted octanol–water partition coefficient (Wildman–Crippen LogP) is 2.37. The highest BCUT2D eigenvalue weighted by molar-refractivity contribution is 5.92. The van der Waals surface area contributed by atoms with E-state index in [1.165, 1.54) is 10.9 Å². The monoisotopic (exact) mass is 486 g/mol. The van der Waals surface area contributed by atoms with Gasteiger partial charge in [-0.2, -0.15) is 5.10 Å². The number of para-hydroxylation sites is 1. The number of hydrogen-bond acceptors (Lipinski definition) is 6. The molecule has 1 amide bonds. The summed E-state index contributed by atoms with van der Waals surface area (Å²) < 4.78 is 3.03. The molecule has 0 spiro atoms. The second-order valence-corrected chi connectivity index (χ2v) is 9.53. The van der Waals surface area contributed by atoms with Crippen molar-refractivity contribution in [2.45, 2.75) is 37.8 Å². The van der Waals surface area contributed by atoms with Crippen LogP contribution in [-0.2, 0) is 24.8 Å². The number of rotatable bonds is 6. The summed E-state index contributed by atoms with van der Waals surface area (Å²) in [7, 11) is 1.76. The van der Waals surface area contributed by atoms with E-state index in [1.807, 2.05) is 48.5 Å². The number of amides is 1. The number of nitrogen functional groups attached to an aromatic ring is 1. The molecule has 1 fully saturated rings. The lowest BCUT2D eigenvalue weighted by molar-refractivity contribution is -0.135. The number of fused-ring (bicyclic) bond motifs is 1. The Morgan fingerprint density at radius 3 is 2.47 bits per heavy atom. The molecule has 186 valence electrons. The van der Waals surface area contributed by atoms with Crippen molar-refractivity contribution in [3.63, 3.8) is 0 Å². The molecule has 1 aliphatic rings. The molecule has 9 nitrogen and oxygen atoms in total. The van der Waals surface area contributed by atoms with Crippen LogP contribution in [0.1, 0.15) is 24.8 Å². The van der Waals surface area contributed by atoms with Crippen LogP contribution in [0.2, 0.25) is 0 Å². The van der Waals surface area contributed by atoms with Crippen molar-refractivity contribution < 1.29 is 9.90 Å². The zero-order chi connectivity index (χ0) is 25.3. The number of piperidine rings is 1. The van der Waals surface area contributed by atoms with Gasteiger partial charge in [-0.3, -0.25) is 18.8 Å². The molecular weight excluding hydrogens is 456 g/mol. The number of benzene rings is 2. The van der Waals surface area contributed by atoms with Crippen LogP contribution >= 0.6 is 0 Å². The van der Waals surface area contributed by atoms with Crippen molar-refractivity contribution in [1.29, 1.82) is 0 Å². The van der Waals surface area contributed by atoms with Crippen molar-refractivity contribution in [3.8, 4) is 11.3 Å². The summed E-state index contributed by atoms with van der Waals surface area (Å²) in [6, 6.07) is 17.3. The van der Waals surface area contributed by atoms with Gasteiger partial charge in [-0.25, -0.2) is 4.98 Å². The minimum atomic E-state index is -1.10. The van der Waals surface area contributed by atoms with E-state index < -0.39 is 5.60 Å². The van der Waals surface area contributed by atoms with Gasteiger partial charge in [0.15, 0.2) is 5.52 Å². The normalized spacial score (nSPS) is 15.3. The maximum absolute atomic E-state index is 13.3. The number of nitrogens with zero attached hydrogens (tertiary/aromatic N) is 5. The lowest BCUT2D eigenvalue weighted by atomic mass is 9.91. The van der Waals surface area contributed by atoms with Crippen LogP contribution in [0.3, 0.4) is 0 Å². The van der Waals surface area contributed by atoms with E-state index in [-0.39, 0.29) is 23.5 Å². The molecule has 0 bridgehead atoms. The van der Waals surface area contributed by atoms with Gasteiger partial charge in [0.2, 0.25) is 5.91 Å². The Balaban J connectivity index is 1.28. The molecule has 0 aliphatic carbocycles. The van der Waals surface area contributed by atoms with E-state index >= 15 is 0 Å². The third kappa shape index (κ3) is 4.61. The third-order valence-corrected chi connectivity index (χ3v) is 7.01. The lowest BCUT2D eigenvalue weighted by Gasteiger charge is -2.38. The minimum Gasteiger partial charge on any atom is -0.398 e. The number of aromatic nitrogens is 4. The predicted molar refractivity (Wildman–Crippen MR) is 138 cm³/mol. The third-order valence-electron chi connectivity index (χ3n) is 7.01. The smallest absolute Gasteiger partial charge is 0.281 e. The second kappa shape index (κ2) is 9.58. The van der Waals surface area contributed by atoms with Crippen LogP contribution in [0.25, 0.3) is 22.3 Å². The highest BCUT2D eigenvalue weighted by atomic mass is 16.3. The average molecular weight is 487 g/mol. The van der Waals surface area contributed by atoms with Crippen molar-refractivity contribution in [1.82, 2.24) is 24.2 Å². The summed E-state index contributed by atoms with van der Waals surface area (Å²) in [5.41, 5.74) is 8.58. The Labute approximate surface area is 208 Å². The van der Waals surface area contributed by atoms with Crippen LogP contribution < -0.4 is 11.3 Å². The van der Waals surface area contributed by atoms with Crippen LogP contribution in [0.4, 0.5) is 5.69 Å². The molecule has 36 heavy (non-hydrogen) atoms. The number of likely N-dealkylation sites (tertiary alicyclic amines) is 1. The molecular formula is C27H30N6O3. The van der Waals surface area contributed by atoms with Gasteiger partial charge in [-0.15, -0.1) is 0 Å². The molecule has 2 aromatic carbocycles. The molecule has 0 saturated carbocycles. The molecule has 0 unspecified atom stereocenters. The van der Waals surface area contributed by atoms with Gasteiger partial charge in [0.1, 0.15) is 5.52 Å². The van der Waals surface area contributed by atoms with E-state index in [0.717, 1.165) is 11.1 Å². The van der Waals surface area contributed by atoms with E-state index in [1.54, 1.807) is 22.7 Å². The summed E-state index contributed by atoms with van der Waals surface area (Å²) in [6.07, 6.45) is 3.38. The zero-order valence-corrected chi connectivity index (χ0v) is 20.3. The summed E-state index contributed by atoms with van der Waals surface area (Å²) in [5.74, 6) is 0.0855. The first-order chi connectivity index (χ1) is 17.3. The van der Waals surface area contributed by atoms with E-state index in [9.17, 15) is 14.7 Å². The highest BCUT2D eigenvalue weighted by Gasteiger charge is 2.35. The number of hydrogen-bond donors (Lipinski definition) is 2.